The third kappa shape index (κ3) is 32.3. The van der Waals surface area contributed by atoms with Gasteiger partial charge in [-0.3, -0.25) is 4.79 Å². The predicted octanol–water partition coefficient (Wildman–Crippen LogP) is 11.7. The maximum absolute atomic E-state index is 12.3. The summed E-state index contributed by atoms with van der Waals surface area (Å²) in [6.45, 7) is 4.33. The lowest BCUT2D eigenvalue weighted by Crippen LogP contribution is -2.45. The Kier molecular flexibility index (Phi) is 35.4. The topological polar surface area (TPSA) is 69.6 Å². The molecule has 0 saturated carbocycles. The van der Waals surface area contributed by atoms with Gasteiger partial charge in [-0.25, -0.2) is 0 Å². The van der Waals surface area contributed by atoms with Gasteiger partial charge in [0.25, 0.3) is 0 Å². The zero-order valence-corrected chi connectivity index (χ0v) is 29.7. The number of hydrogen-bond donors (Lipinski definition) is 3. The molecule has 0 saturated heterocycles. The molecular formula is C40H77NO3. The molecule has 0 radical (unpaired) electrons. The van der Waals surface area contributed by atoms with Crippen LogP contribution >= 0.6 is 0 Å². The van der Waals surface area contributed by atoms with Crippen LogP contribution in [0.15, 0.2) is 24.3 Å². The van der Waals surface area contributed by atoms with Crippen molar-refractivity contribution in [2.75, 3.05) is 6.61 Å². The zero-order valence-electron chi connectivity index (χ0n) is 29.7. The first kappa shape index (κ1) is 42.9. The SMILES string of the molecule is CCCCCCC/C=C\C/C=C\CCCCCCCCCCCC(=O)NC(CO)C(O)CCCCCCCCCCCCC. The molecule has 0 aliphatic rings. The summed E-state index contributed by atoms with van der Waals surface area (Å²) in [7, 11) is 0. The normalized spacial score (nSPS) is 13.3. The number of unbranched alkanes of at least 4 members (excludes halogenated alkanes) is 24. The Bertz CT molecular complexity index is 632. The molecule has 0 aromatic heterocycles. The van der Waals surface area contributed by atoms with Crippen LogP contribution in [-0.4, -0.2) is 34.9 Å². The summed E-state index contributed by atoms with van der Waals surface area (Å²) < 4.78 is 0. The second-order valence-electron chi connectivity index (χ2n) is 13.4. The molecule has 4 heteroatoms. The highest BCUT2D eigenvalue weighted by atomic mass is 16.3. The Balaban J connectivity index is 3.53. The van der Waals surface area contributed by atoms with Gasteiger partial charge in [-0.15, -0.1) is 0 Å². The van der Waals surface area contributed by atoms with Crippen molar-refractivity contribution in [3.05, 3.63) is 24.3 Å². The smallest absolute Gasteiger partial charge is 0.220 e. The van der Waals surface area contributed by atoms with Crippen molar-refractivity contribution >= 4 is 5.91 Å². The van der Waals surface area contributed by atoms with Gasteiger partial charge in [0.05, 0.1) is 18.8 Å². The number of hydrogen-bond acceptors (Lipinski definition) is 3. The van der Waals surface area contributed by atoms with Gasteiger partial charge in [-0.05, 0) is 44.9 Å². The number of nitrogens with one attached hydrogen (secondary N) is 1. The molecule has 2 unspecified atom stereocenters. The van der Waals surface area contributed by atoms with Crippen LogP contribution in [0.3, 0.4) is 0 Å². The molecule has 260 valence electrons. The number of carbonyl (C=O) groups excluding carboxylic acids is 1. The van der Waals surface area contributed by atoms with E-state index in [1.54, 1.807) is 0 Å². The first-order chi connectivity index (χ1) is 21.7. The van der Waals surface area contributed by atoms with Crippen molar-refractivity contribution in [2.24, 2.45) is 0 Å². The van der Waals surface area contributed by atoms with Crippen LogP contribution in [0.25, 0.3) is 0 Å². The zero-order chi connectivity index (χ0) is 32.2. The standard InChI is InChI=1S/C40H77NO3/c1-3-5-7-9-11-13-15-16-17-18-19-20-21-22-23-24-26-28-30-32-34-36-40(44)41-38(37-42)39(43)35-33-31-29-27-25-14-12-10-8-6-4-2/h15-16,18-19,38-39,42-43H,3-14,17,20-37H2,1-2H3,(H,41,44)/b16-15-,19-18-. The predicted molar refractivity (Wildman–Crippen MR) is 193 cm³/mol. The van der Waals surface area contributed by atoms with Crippen LogP contribution in [0, 0.1) is 0 Å². The summed E-state index contributed by atoms with van der Waals surface area (Å²) in [6, 6.07) is -0.534. The van der Waals surface area contributed by atoms with E-state index < -0.39 is 12.1 Å². The van der Waals surface area contributed by atoms with E-state index in [-0.39, 0.29) is 12.5 Å². The van der Waals surface area contributed by atoms with Gasteiger partial charge in [0.1, 0.15) is 0 Å². The Labute approximate surface area is 275 Å². The average Bonchev–Trinajstić information content (AvgIpc) is 3.03. The van der Waals surface area contributed by atoms with Crippen molar-refractivity contribution < 1.29 is 15.0 Å². The van der Waals surface area contributed by atoms with E-state index in [4.69, 9.17) is 0 Å². The minimum absolute atomic E-state index is 0.0371. The molecule has 0 aliphatic heterocycles. The van der Waals surface area contributed by atoms with Crippen LogP contribution in [0.2, 0.25) is 0 Å². The summed E-state index contributed by atoms with van der Waals surface area (Å²) in [6.07, 6.45) is 45.2. The van der Waals surface area contributed by atoms with E-state index in [0.717, 1.165) is 32.1 Å². The molecule has 0 spiro atoms. The number of allylic oxidation sites excluding steroid dienone is 4. The number of rotatable bonds is 35. The molecule has 0 rings (SSSR count). The fourth-order valence-corrected chi connectivity index (χ4v) is 5.92. The van der Waals surface area contributed by atoms with E-state index in [0.29, 0.717) is 12.8 Å². The molecule has 0 aromatic carbocycles. The van der Waals surface area contributed by atoms with Crippen molar-refractivity contribution in [2.45, 2.75) is 219 Å². The fourth-order valence-electron chi connectivity index (χ4n) is 5.92. The van der Waals surface area contributed by atoms with Gasteiger partial charge in [0, 0.05) is 6.42 Å². The Morgan fingerprint density at radius 1 is 0.545 bits per heavy atom. The summed E-state index contributed by atoms with van der Waals surface area (Å²) >= 11 is 0. The number of carbonyl (C=O) groups is 1. The summed E-state index contributed by atoms with van der Waals surface area (Å²) in [5.74, 6) is -0.0371. The molecule has 3 N–H and O–H groups in total. The lowest BCUT2D eigenvalue weighted by Gasteiger charge is -2.22. The van der Waals surface area contributed by atoms with E-state index in [2.05, 4.69) is 43.5 Å². The van der Waals surface area contributed by atoms with E-state index in [1.807, 2.05) is 0 Å². The van der Waals surface area contributed by atoms with Gasteiger partial charge >= 0.3 is 0 Å². The highest BCUT2D eigenvalue weighted by Crippen LogP contribution is 2.15. The van der Waals surface area contributed by atoms with Crippen molar-refractivity contribution in [1.29, 1.82) is 0 Å². The lowest BCUT2D eigenvalue weighted by atomic mass is 10.0. The fraction of sp³-hybridized carbons (Fsp3) is 0.875. The molecule has 0 heterocycles. The van der Waals surface area contributed by atoms with Crippen LogP contribution in [0.1, 0.15) is 206 Å². The summed E-state index contributed by atoms with van der Waals surface area (Å²) in [5, 5.41) is 23.0. The highest BCUT2D eigenvalue weighted by Gasteiger charge is 2.19. The minimum Gasteiger partial charge on any atom is -0.394 e. The van der Waals surface area contributed by atoms with Gasteiger partial charge in [-0.1, -0.05) is 179 Å². The van der Waals surface area contributed by atoms with E-state index in [1.165, 1.54) is 148 Å². The molecule has 0 fully saturated rings. The minimum atomic E-state index is -0.657. The molecule has 2 atom stereocenters. The van der Waals surface area contributed by atoms with Crippen LogP contribution in [0.5, 0.6) is 0 Å². The third-order valence-corrected chi connectivity index (χ3v) is 8.97. The maximum Gasteiger partial charge on any atom is 0.220 e. The highest BCUT2D eigenvalue weighted by molar-refractivity contribution is 5.76. The molecule has 0 aliphatic carbocycles. The van der Waals surface area contributed by atoms with E-state index in [9.17, 15) is 15.0 Å². The molecule has 4 nitrogen and oxygen atoms in total. The van der Waals surface area contributed by atoms with Crippen LogP contribution < -0.4 is 5.32 Å². The second kappa shape index (κ2) is 36.3. The number of aliphatic hydroxyl groups excluding tert-OH is 2. The van der Waals surface area contributed by atoms with E-state index >= 15 is 0 Å². The first-order valence-electron chi connectivity index (χ1n) is 19.5. The quantitative estimate of drug-likeness (QED) is 0.0488. The molecule has 1 amide bonds. The summed E-state index contributed by atoms with van der Waals surface area (Å²) in [5.41, 5.74) is 0. The Morgan fingerprint density at radius 3 is 1.36 bits per heavy atom. The lowest BCUT2D eigenvalue weighted by molar-refractivity contribution is -0.123. The van der Waals surface area contributed by atoms with Crippen LogP contribution in [0.4, 0.5) is 0 Å². The van der Waals surface area contributed by atoms with Gasteiger partial charge in [0.2, 0.25) is 5.91 Å². The Hall–Kier alpha value is -1.13. The molecule has 44 heavy (non-hydrogen) atoms. The number of amides is 1. The monoisotopic (exact) mass is 620 g/mol. The number of aliphatic hydroxyl groups is 2. The average molecular weight is 620 g/mol. The van der Waals surface area contributed by atoms with Gasteiger partial charge in [0.15, 0.2) is 0 Å². The molecule has 0 bridgehead atoms. The first-order valence-corrected chi connectivity index (χ1v) is 19.5. The Morgan fingerprint density at radius 2 is 0.932 bits per heavy atom. The maximum atomic E-state index is 12.3. The van der Waals surface area contributed by atoms with Gasteiger partial charge in [-0.2, -0.15) is 0 Å². The van der Waals surface area contributed by atoms with Crippen molar-refractivity contribution in [3.63, 3.8) is 0 Å². The second-order valence-corrected chi connectivity index (χ2v) is 13.4. The van der Waals surface area contributed by atoms with Gasteiger partial charge < -0.3 is 15.5 Å². The largest absolute Gasteiger partial charge is 0.394 e. The third-order valence-electron chi connectivity index (χ3n) is 8.97. The molecular weight excluding hydrogens is 542 g/mol. The summed E-state index contributed by atoms with van der Waals surface area (Å²) in [4.78, 5) is 12.3. The molecule has 0 aromatic rings. The van der Waals surface area contributed by atoms with Crippen LogP contribution in [-0.2, 0) is 4.79 Å². The van der Waals surface area contributed by atoms with Crippen molar-refractivity contribution in [1.82, 2.24) is 5.32 Å². The van der Waals surface area contributed by atoms with Crippen molar-refractivity contribution in [3.8, 4) is 0 Å².